The van der Waals surface area contributed by atoms with Gasteiger partial charge in [0.25, 0.3) is 0 Å². The van der Waals surface area contributed by atoms with E-state index < -0.39 is 0 Å². The van der Waals surface area contributed by atoms with Gasteiger partial charge in [-0.25, -0.2) is 0 Å². The van der Waals surface area contributed by atoms with Gasteiger partial charge in [-0.2, -0.15) is 0 Å². The van der Waals surface area contributed by atoms with Crippen molar-refractivity contribution in [1.82, 2.24) is 0 Å². The molecule has 0 aromatic heterocycles. The summed E-state index contributed by atoms with van der Waals surface area (Å²) in [6, 6.07) is 0. The van der Waals surface area contributed by atoms with Crippen LogP contribution >= 0.6 is 0 Å². The maximum Gasteiger partial charge on any atom is 0.163 e. The van der Waals surface area contributed by atoms with Gasteiger partial charge in [0.15, 0.2) is 5.78 Å². The van der Waals surface area contributed by atoms with E-state index in [1.165, 1.54) is 0 Å². The average molecular weight is 156 g/mol. The highest BCUT2D eigenvalue weighted by molar-refractivity contribution is 5.83. The summed E-state index contributed by atoms with van der Waals surface area (Å²) in [6.07, 6.45) is 0.950. The maximum absolute atomic E-state index is 11.1. The smallest absolute Gasteiger partial charge is 0.163 e. The topological polar surface area (TPSA) is 26.3 Å². The van der Waals surface area contributed by atoms with Crippen molar-refractivity contribution < 1.29 is 9.53 Å². The fraction of sp³-hybridized carbons (Fsp3) is 0.889. The number of ether oxygens (including phenoxy) is 1. The monoisotopic (exact) mass is 156 g/mol. The van der Waals surface area contributed by atoms with Gasteiger partial charge in [-0.1, -0.05) is 20.8 Å². The van der Waals surface area contributed by atoms with Crippen LogP contribution in [0.2, 0.25) is 0 Å². The molecule has 64 valence electrons. The largest absolute Gasteiger partial charge is 0.373 e. The standard InChI is InChI=1S/C9H16O2/c1-9(2,3)4-7-5-11-6-8(7)10/h7H,4-6H2,1-3H3. The molecule has 0 bridgehead atoms. The molecule has 2 nitrogen and oxygen atoms in total. The Balaban J connectivity index is 2.43. The van der Waals surface area contributed by atoms with Crippen LogP contribution in [-0.4, -0.2) is 19.0 Å². The van der Waals surface area contributed by atoms with Gasteiger partial charge in [-0.15, -0.1) is 0 Å². The van der Waals surface area contributed by atoms with Crippen molar-refractivity contribution in [2.24, 2.45) is 11.3 Å². The van der Waals surface area contributed by atoms with E-state index in [4.69, 9.17) is 4.74 Å². The molecule has 0 aromatic rings. The number of carbonyl (C=O) groups is 1. The minimum atomic E-state index is 0.162. The lowest BCUT2D eigenvalue weighted by molar-refractivity contribution is -0.121. The van der Waals surface area contributed by atoms with E-state index in [0.29, 0.717) is 13.2 Å². The summed E-state index contributed by atoms with van der Waals surface area (Å²) in [7, 11) is 0. The van der Waals surface area contributed by atoms with Crippen molar-refractivity contribution in [3.63, 3.8) is 0 Å². The molecule has 0 spiro atoms. The summed E-state index contributed by atoms with van der Waals surface area (Å²) < 4.78 is 5.07. The first-order valence-electron chi connectivity index (χ1n) is 4.09. The first kappa shape index (κ1) is 8.72. The van der Waals surface area contributed by atoms with E-state index in [1.54, 1.807) is 0 Å². The molecule has 1 unspecified atom stereocenters. The molecule has 1 aliphatic heterocycles. The molecule has 1 saturated heterocycles. The molecule has 0 aliphatic carbocycles. The summed E-state index contributed by atoms with van der Waals surface area (Å²) in [5.74, 6) is 0.440. The van der Waals surface area contributed by atoms with Crippen LogP contribution in [0.5, 0.6) is 0 Å². The number of Topliss-reactive ketones (excluding diaryl/α,β-unsaturated/α-hetero) is 1. The second-order valence-electron chi connectivity index (χ2n) is 4.44. The van der Waals surface area contributed by atoms with E-state index in [1.807, 2.05) is 0 Å². The highest BCUT2D eigenvalue weighted by atomic mass is 16.5. The molecule has 2 heteroatoms. The molecule has 0 aromatic carbocycles. The van der Waals surface area contributed by atoms with Crippen molar-refractivity contribution in [1.29, 1.82) is 0 Å². The first-order chi connectivity index (χ1) is 4.99. The Bertz CT molecular complexity index is 155. The first-order valence-corrected chi connectivity index (χ1v) is 4.09. The second kappa shape index (κ2) is 2.94. The fourth-order valence-corrected chi connectivity index (χ4v) is 1.42. The summed E-state index contributed by atoms with van der Waals surface area (Å²) in [5, 5.41) is 0. The van der Waals surface area contributed by atoms with Crippen molar-refractivity contribution in [3.05, 3.63) is 0 Å². The number of hydrogen-bond acceptors (Lipinski definition) is 2. The van der Waals surface area contributed by atoms with E-state index >= 15 is 0 Å². The summed E-state index contributed by atoms with van der Waals surface area (Å²) in [4.78, 5) is 11.1. The van der Waals surface area contributed by atoms with Crippen LogP contribution in [0.3, 0.4) is 0 Å². The zero-order chi connectivity index (χ0) is 8.48. The number of carbonyl (C=O) groups excluding carboxylic acids is 1. The van der Waals surface area contributed by atoms with Crippen LogP contribution in [0.4, 0.5) is 0 Å². The van der Waals surface area contributed by atoms with Crippen molar-refractivity contribution in [2.75, 3.05) is 13.2 Å². The highest BCUT2D eigenvalue weighted by Crippen LogP contribution is 2.27. The van der Waals surface area contributed by atoms with Gasteiger partial charge in [0.05, 0.1) is 6.61 Å². The molecule has 1 heterocycles. The predicted molar refractivity (Wildman–Crippen MR) is 43.4 cm³/mol. The molecule has 0 N–H and O–H groups in total. The lowest BCUT2D eigenvalue weighted by Crippen LogP contribution is -2.19. The number of hydrogen-bond donors (Lipinski definition) is 0. The lowest BCUT2D eigenvalue weighted by Gasteiger charge is -2.20. The molecular formula is C9H16O2. The van der Waals surface area contributed by atoms with Gasteiger partial charge in [-0.3, -0.25) is 4.79 Å². The fourth-order valence-electron chi connectivity index (χ4n) is 1.42. The average Bonchev–Trinajstić information content (AvgIpc) is 2.12. The Morgan fingerprint density at radius 1 is 1.55 bits per heavy atom. The van der Waals surface area contributed by atoms with Crippen LogP contribution in [0.1, 0.15) is 27.2 Å². The van der Waals surface area contributed by atoms with Gasteiger partial charge >= 0.3 is 0 Å². The minimum absolute atomic E-state index is 0.162. The van der Waals surface area contributed by atoms with E-state index in [9.17, 15) is 4.79 Å². The molecule has 11 heavy (non-hydrogen) atoms. The Kier molecular flexibility index (Phi) is 2.33. The van der Waals surface area contributed by atoms with Crippen LogP contribution < -0.4 is 0 Å². The Hall–Kier alpha value is -0.370. The lowest BCUT2D eigenvalue weighted by atomic mass is 9.84. The van der Waals surface area contributed by atoms with E-state index in [2.05, 4.69) is 20.8 Å². The third kappa shape index (κ3) is 2.62. The van der Waals surface area contributed by atoms with E-state index in [0.717, 1.165) is 6.42 Å². The molecule has 1 rings (SSSR count). The third-order valence-corrected chi connectivity index (χ3v) is 1.88. The Labute approximate surface area is 67.9 Å². The molecule has 0 radical (unpaired) electrons. The van der Waals surface area contributed by atoms with Gasteiger partial charge in [0, 0.05) is 5.92 Å². The second-order valence-corrected chi connectivity index (χ2v) is 4.44. The molecule has 1 atom stereocenters. The van der Waals surface area contributed by atoms with Crippen LogP contribution in [0.25, 0.3) is 0 Å². The Morgan fingerprint density at radius 3 is 2.55 bits per heavy atom. The quantitative estimate of drug-likeness (QED) is 0.577. The molecule has 1 fully saturated rings. The summed E-state index contributed by atoms with van der Waals surface area (Å²) in [6.45, 7) is 7.42. The molecule has 0 amide bonds. The highest BCUT2D eigenvalue weighted by Gasteiger charge is 2.29. The molecule has 0 saturated carbocycles. The third-order valence-electron chi connectivity index (χ3n) is 1.88. The van der Waals surface area contributed by atoms with Crippen LogP contribution in [-0.2, 0) is 9.53 Å². The van der Waals surface area contributed by atoms with Crippen molar-refractivity contribution >= 4 is 5.78 Å². The number of ketones is 1. The molecular weight excluding hydrogens is 140 g/mol. The normalized spacial score (nSPS) is 26.1. The Morgan fingerprint density at radius 2 is 2.18 bits per heavy atom. The maximum atomic E-state index is 11.1. The summed E-state index contributed by atoms with van der Waals surface area (Å²) >= 11 is 0. The zero-order valence-corrected chi connectivity index (χ0v) is 7.52. The van der Waals surface area contributed by atoms with E-state index in [-0.39, 0.29) is 17.1 Å². The van der Waals surface area contributed by atoms with Crippen molar-refractivity contribution in [3.8, 4) is 0 Å². The van der Waals surface area contributed by atoms with Crippen LogP contribution in [0, 0.1) is 11.3 Å². The van der Waals surface area contributed by atoms with Gasteiger partial charge in [0.1, 0.15) is 6.61 Å². The molecule has 1 aliphatic rings. The SMILES string of the molecule is CC(C)(C)CC1COCC1=O. The summed E-state index contributed by atoms with van der Waals surface area (Å²) in [5.41, 5.74) is 0.244. The predicted octanol–water partition coefficient (Wildman–Crippen LogP) is 1.64. The zero-order valence-electron chi connectivity index (χ0n) is 7.52. The van der Waals surface area contributed by atoms with Crippen LogP contribution in [0.15, 0.2) is 0 Å². The minimum Gasteiger partial charge on any atom is -0.373 e. The van der Waals surface area contributed by atoms with Gasteiger partial charge < -0.3 is 4.74 Å². The van der Waals surface area contributed by atoms with Gasteiger partial charge in [0.2, 0.25) is 0 Å². The number of rotatable bonds is 1. The van der Waals surface area contributed by atoms with Gasteiger partial charge in [-0.05, 0) is 11.8 Å². The van der Waals surface area contributed by atoms with Crippen molar-refractivity contribution in [2.45, 2.75) is 27.2 Å².